The Morgan fingerprint density at radius 2 is 1.84 bits per heavy atom. The molecule has 3 aromatic carbocycles. The van der Waals surface area contributed by atoms with Crippen molar-refractivity contribution >= 4 is 54.8 Å². The lowest BCUT2D eigenvalue weighted by atomic mass is 10.2. The van der Waals surface area contributed by atoms with Crippen molar-refractivity contribution in [2.24, 2.45) is 0 Å². The van der Waals surface area contributed by atoms with Gasteiger partial charge in [0.15, 0.2) is 6.61 Å². The molecule has 0 aromatic heterocycles. The van der Waals surface area contributed by atoms with Crippen LogP contribution in [0.25, 0.3) is 0 Å². The van der Waals surface area contributed by atoms with Gasteiger partial charge in [-0.05, 0) is 60.5 Å². The van der Waals surface area contributed by atoms with Crippen molar-refractivity contribution in [2.45, 2.75) is 11.3 Å². The van der Waals surface area contributed by atoms with Gasteiger partial charge in [0.25, 0.3) is 15.9 Å². The molecule has 0 fully saturated rings. The van der Waals surface area contributed by atoms with E-state index in [9.17, 15) is 13.2 Å². The number of halogens is 2. The number of anilines is 2. The SMILES string of the molecule is O=C(COc1ccc(S(=O)(=O)N2CCc3ccccc32)cc1Cl)Nc1ccc(Br)cc1. The number of amides is 1. The average Bonchev–Trinajstić information content (AvgIpc) is 3.19. The number of ether oxygens (including phenoxy) is 1. The van der Waals surface area contributed by atoms with Gasteiger partial charge in [0.2, 0.25) is 0 Å². The van der Waals surface area contributed by atoms with Crippen molar-refractivity contribution in [3.63, 3.8) is 0 Å². The molecule has 0 unspecified atom stereocenters. The summed E-state index contributed by atoms with van der Waals surface area (Å²) in [4.78, 5) is 12.2. The van der Waals surface area contributed by atoms with Gasteiger partial charge in [-0.3, -0.25) is 9.10 Å². The quantitative estimate of drug-likeness (QED) is 0.502. The zero-order valence-electron chi connectivity index (χ0n) is 16.2. The Bertz CT molecular complexity index is 1230. The second-order valence-electron chi connectivity index (χ2n) is 6.89. The maximum absolute atomic E-state index is 13.1. The highest BCUT2D eigenvalue weighted by molar-refractivity contribution is 9.10. The number of carbonyl (C=O) groups excluding carboxylic acids is 1. The molecule has 0 radical (unpaired) electrons. The summed E-state index contributed by atoms with van der Waals surface area (Å²) in [6.07, 6.45) is 0.664. The summed E-state index contributed by atoms with van der Waals surface area (Å²) >= 11 is 9.59. The molecule has 1 heterocycles. The molecular weight excluding hydrogens is 504 g/mol. The van der Waals surface area contributed by atoms with Gasteiger partial charge in [-0.1, -0.05) is 45.7 Å². The lowest BCUT2D eigenvalue weighted by molar-refractivity contribution is -0.118. The van der Waals surface area contributed by atoms with E-state index in [0.29, 0.717) is 24.3 Å². The van der Waals surface area contributed by atoms with E-state index < -0.39 is 10.0 Å². The molecule has 9 heteroatoms. The van der Waals surface area contributed by atoms with E-state index in [1.807, 2.05) is 30.3 Å². The van der Waals surface area contributed by atoms with Gasteiger partial charge in [0.1, 0.15) is 5.75 Å². The Balaban J connectivity index is 1.44. The first-order valence-corrected chi connectivity index (χ1v) is 12.0. The third kappa shape index (κ3) is 4.71. The number of para-hydroxylation sites is 1. The number of nitrogens with one attached hydrogen (secondary N) is 1. The molecule has 0 aliphatic carbocycles. The molecule has 3 aromatic rings. The Morgan fingerprint density at radius 3 is 2.58 bits per heavy atom. The maximum Gasteiger partial charge on any atom is 0.264 e. The van der Waals surface area contributed by atoms with Crippen molar-refractivity contribution in [3.05, 3.63) is 81.8 Å². The molecule has 0 bridgehead atoms. The Morgan fingerprint density at radius 1 is 1.10 bits per heavy atom. The van der Waals surface area contributed by atoms with Gasteiger partial charge in [-0.15, -0.1) is 0 Å². The van der Waals surface area contributed by atoms with E-state index in [1.165, 1.54) is 22.5 Å². The fourth-order valence-electron chi connectivity index (χ4n) is 3.32. The summed E-state index contributed by atoms with van der Waals surface area (Å²) in [6.45, 7) is 0.120. The van der Waals surface area contributed by atoms with Gasteiger partial charge < -0.3 is 10.1 Å². The molecule has 1 N–H and O–H groups in total. The molecule has 0 saturated carbocycles. The lowest BCUT2D eigenvalue weighted by Gasteiger charge is -2.20. The Labute approximate surface area is 194 Å². The van der Waals surface area contributed by atoms with Crippen LogP contribution in [0.4, 0.5) is 11.4 Å². The van der Waals surface area contributed by atoms with Crippen molar-refractivity contribution < 1.29 is 17.9 Å². The van der Waals surface area contributed by atoms with Crippen molar-refractivity contribution in [1.82, 2.24) is 0 Å². The van der Waals surface area contributed by atoms with Crippen molar-refractivity contribution in [3.8, 4) is 5.75 Å². The number of benzene rings is 3. The topological polar surface area (TPSA) is 75.7 Å². The Kier molecular flexibility index (Phi) is 6.22. The monoisotopic (exact) mass is 520 g/mol. The van der Waals surface area contributed by atoms with E-state index in [0.717, 1.165) is 10.0 Å². The molecule has 1 aliphatic heterocycles. The number of rotatable bonds is 6. The van der Waals surface area contributed by atoms with Crippen molar-refractivity contribution in [1.29, 1.82) is 0 Å². The van der Waals surface area contributed by atoms with Gasteiger partial charge >= 0.3 is 0 Å². The smallest absolute Gasteiger partial charge is 0.264 e. The van der Waals surface area contributed by atoms with E-state index in [1.54, 1.807) is 18.2 Å². The minimum atomic E-state index is -3.76. The fourth-order valence-corrected chi connectivity index (χ4v) is 5.41. The summed E-state index contributed by atoms with van der Waals surface area (Å²) < 4.78 is 34.0. The molecule has 0 saturated heterocycles. The number of hydrogen-bond acceptors (Lipinski definition) is 4. The number of hydrogen-bond donors (Lipinski definition) is 1. The van der Waals surface area contributed by atoms with Crippen LogP contribution in [0.5, 0.6) is 5.75 Å². The van der Waals surface area contributed by atoms with E-state index >= 15 is 0 Å². The molecular formula is C22H18BrClN2O4S. The summed E-state index contributed by atoms with van der Waals surface area (Å²) in [5, 5.41) is 2.83. The standard InChI is InChI=1S/C22H18BrClN2O4S/c23-16-5-7-17(8-6-16)25-22(27)14-30-21-10-9-18(13-19(21)24)31(28,29)26-12-11-15-3-1-2-4-20(15)26/h1-10,13H,11-12,14H2,(H,25,27). The van der Waals surface area contributed by atoms with Crippen LogP contribution in [0.3, 0.4) is 0 Å². The van der Waals surface area contributed by atoms with Crippen LogP contribution in [-0.2, 0) is 21.2 Å². The van der Waals surface area contributed by atoms with E-state index in [-0.39, 0.29) is 28.2 Å². The normalized spacial score (nSPS) is 13.0. The third-order valence-electron chi connectivity index (χ3n) is 4.82. The average molecular weight is 522 g/mol. The summed E-state index contributed by atoms with van der Waals surface area (Å²) in [5.74, 6) is -0.128. The predicted molar refractivity (Wildman–Crippen MR) is 124 cm³/mol. The highest BCUT2D eigenvalue weighted by atomic mass is 79.9. The molecule has 4 rings (SSSR count). The molecule has 6 nitrogen and oxygen atoms in total. The van der Waals surface area contributed by atoms with Crippen LogP contribution < -0.4 is 14.4 Å². The minimum Gasteiger partial charge on any atom is -0.482 e. The largest absolute Gasteiger partial charge is 0.482 e. The fraction of sp³-hybridized carbons (Fsp3) is 0.136. The van der Waals surface area contributed by atoms with Gasteiger partial charge in [0, 0.05) is 16.7 Å². The second kappa shape index (κ2) is 8.90. The van der Waals surface area contributed by atoms with Gasteiger partial charge in [-0.25, -0.2) is 8.42 Å². The van der Waals surface area contributed by atoms with Crippen molar-refractivity contribution in [2.75, 3.05) is 22.8 Å². The summed E-state index contributed by atoms with van der Waals surface area (Å²) in [5.41, 5.74) is 2.31. The first-order chi connectivity index (χ1) is 14.8. The van der Waals surface area contributed by atoms with Crippen LogP contribution in [-0.4, -0.2) is 27.5 Å². The molecule has 0 spiro atoms. The maximum atomic E-state index is 13.1. The van der Waals surface area contributed by atoms with Crippen LogP contribution in [0.2, 0.25) is 5.02 Å². The summed E-state index contributed by atoms with van der Waals surface area (Å²) in [7, 11) is -3.76. The zero-order valence-corrected chi connectivity index (χ0v) is 19.4. The second-order valence-corrected chi connectivity index (χ2v) is 10.1. The molecule has 160 valence electrons. The van der Waals surface area contributed by atoms with E-state index in [2.05, 4.69) is 21.2 Å². The summed E-state index contributed by atoms with van der Waals surface area (Å²) in [6, 6.07) is 18.8. The molecule has 1 aliphatic rings. The highest BCUT2D eigenvalue weighted by Crippen LogP contribution is 2.35. The number of sulfonamides is 1. The predicted octanol–water partition coefficient (Wildman–Crippen LogP) is 4.87. The first kappa shape index (κ1) is 21.7. The van der Waals surface area contributed by atoms with Crippen LogP contribution >= 0.6 is 27.5 Å². The number of carbonyl (C=O) groups is 1. The minimum absolute atomic E-state index is 0.0702. The Hall–Kier alpha value is -2.55. The molecule has 0 atom stereocenters. The number of nitrogens with zero attached hydrogens (tertiary/aromatic N) is 1. The lowest BCUT2D eigenvalue weighted by Crippen LogP contribution is -2.29. The molecule has 1 amide bonds. The third-order valence-corrected chi connectivity index (χ3v) is 7.46. The highest BCUT2D eigenvalue weighted by Gasteiger charge is 2.31. The van der Waals surface area contributed by atoms with Crippen LogP contribution in [0, 0.1) is 0 Å². The van der Waals surface area contributed by atoms with Gasteiger partial charge in [-0.2, -0.15) is 0 Å². The van der Waals surface area contributed by atoms with Gasteiger partial charge in [0.05, 0.1) is 15.6 Å². The number of fused-ring (bicyclic) bond motifs is 1. The van der Waals surface area contributed by atoms with E-state index in [4.69, 9.17) is 16.3 Å². The van der Waals surface area contributed by atoms with Crippen LogP contribution in [0.1, 0.15) is 5.56 Å². The zero-order chi connectivity index (χ0) is 22.0. The van der Waals surface area contributed by atoms with Crippen LogP contribution in [0.15, 0.2) is 76.1 Å². The molecule has 31 heavy (non-hydrogen) atoms. The first-order valence-electron chi connectivity index (χ1n) is 9.43.